The van der Waals surface area contributed by atoms with Crippen LogP contribution in [0.1, 0.15) is 36.3 Å². The molecule has 1 saturated carbocycles. The second kappa shape index (κ2) is 6.80. The highest BCUT2D eigenvalue weighted by atomic mass is 16.5. The van der Waals surface area contributed by atoms with Crippen molar-refractivity contribution in [2.45, 2.75) is 31.8 Å². The third kappa shape index (κ3) is 3.67. The zero-order valence-electron chi connectivity index (χ0n) is 12.7. The maximum Gasteiger partial charge on any atom is 0.303 e. The van der Waals surface area contributed by atoms with Gasteiger partial charge in [-0.15, -0.1) is 0 Å². The normalized spacial score (nSPS) is 15.6. The lowest BCUT2D eigenvalue weighted by molar-refractivity contribution is -0.137. The Hall–Kier alpha value is -1.75. The maximum atomic E-state index is 11.1. The minimum atomic E-state index is -0.783. The van der Waals surface area contributed by atoms with Crippen molar-refractivity contribution in [1.82, 2.24) is 0 Å². The molecule has 0 radical (unpaired) electrons. The lowest BCUT2D eigenvalue weighted by Gasteiger charge is -2.20. The van der Waals surface area contributed by atoms with Crippen molar-refractivity contribution >= 4 is 5.97 Å². The van der Waals surface area contributed by atoms with E-state index in [4.69, 9.17) is 19.3 Å². The summed E-state index contributed by atoms with van der Waals surface area (Å²) in [5, 5.41) is 9.16. The van der Waals surface area contributed by atoms with Crippen molar-refractivity contribution in [2.24, 2.45) is 5.92 Å². The molecule has 0 heterocycles. The fourth-order valence-electron chi connectivity index (χ4n) is 2.76. The monoisotopic (exact) mass is 294 g/mol. The minimum Gasteiger partial charge on any atom is -0.496 e. The largest absolute Gasteiger partial charge is 0.496 e. The Bertz CT molecular complexity index is 508. The molecule has 0 saturated heterocycles. The van der Waals surface area contributed by atoms with Crippen LogP contribution in [0.2, 0.25) is 0 Å². The highest BCUT2D eigenvalue weighted by molar-refractivity contribution is 5.68. The number of carbonyl (C=O) groups is 1. The van der Waals surface area contributed by atoms with Crippen molar-refractivity contribution in [3.05, 3.63) is 23.3 Å². The van der Waals surface area contributed by atoms with E-state index in [-0.39, 0.29) is 12.3 Å². The van der Waals surface area contributed by atoms with Gasteiger partial charge in [-0.05, 0) is 30.9 Å². The van der Waals surface area contributed by atoms with Crippen LogP contribution in [-0.2, 0) is 16.1 Å². The number of methoxy groups -OCH3 is 3. The summed E-state index contributed by atoms with van der Waals surface area (Å²) in [6, 6.07) is 3.79. The Kier molecular flexibility index (Phi) is 5.07. The predicted octanol–water partition coefficient (Wildman–Crippen LogP) is 2.82. The molecule has 1 aliphatic carbocycles. The SMILES string of the molecule is COCc1cc(OC)c(C(CC(=O)O)C2CC2)cc1OC. The molecule has 21 heavy (non-hydrogen) atoms. The highest BCUT2D eigenvalue weighted by Gasteiger charge is 2.35. The van der Waals surface area contributed by atoms with Crippen molar-refractivity contribution in [2.75, 3.05) is 21.3 Å². The number of ether oxygens (including phenoxy) is 3. The van der Waals surface area contributed by atoms with Gasteiger partial charge in [-0.2, -0.15) is 0 Å². The summed E-state index contributed by atoms with van der Waals surface area (Å²) < 4.78 is 16.0. The molecule has 1 unspecified atom stereocenters. The van der Waals surface area contributed by atoms with Gasteiger partial charge in [0.2, 0.25) is 0 Å². The zero-order chi connectivity index (χ0) is 15.4. The van der Waals surface area contributed by atoms with Crippen LogP contribution in [0.25, 0.3) is 0 Å². The molecule has 0 spiro atoms. The van der Waals surface area contributed by atoms with Gasteiger partial charge in [-0.3, -0.25) is 4.79 Å². The fraction of sp³-hybridized carbons (Fsp3) is 0.562. The third-order valence-corrected chi connectivity index (χ3v) is 3.92. The van der Waals surface area contributed by atoms with Crippen molar-refractivity contribution < 1.29 is 24.1 Å². The molecule has 1 atom stereocenters. The first kappa shape index (κ1) is 15.6. The van der Waals surface area contributed by atoms with Crippen LogP contribution in [0.15, 0.2) is 12.1 Å². The van der Waals surface area contributed by atoms with Crippen LogP contribution in [0.4, 0.5) is 0 Å². The van der Waals surface area contributed by atoms with Crippen LogP contribution >= 0.6 is 0 Å². The third-order valence-electron chi connectivity index (χ3n) is 3.92. The zero-order valence-corrected chi connectivity index (χ0v) is 12.7. The molecule has 1 aromatic carbocycles. The second-order valence-electron chi connectivity index (χ2n) is 5.38. The van der Waals surface area contributed by atoms with Crippen LogP contribution < -0.4 is 9.47 Å². The standard InChI is InChI=1S/C16H22O5/c1-19-9-11-6-15(21-3)13(7-14(11)20-2)12(8-16(17)18)10-4-5-10/h6-7,10,12H,4-5,8-9H2,1-3H3,(H,17,18). The Morgan fingerprint density at radius 2 is 1.90 bits per heavy atom. The van der Waals surface area contributed by atoms with Crippen molar-refractivity contribution in [1.29, 1.82) is 0 Å². The van der Waals surface area contributed by atoms with Crippen LogP contribution in [0.3, 0.4) is 0 Å². The van der Waals surface area contributed by atoms with E-state index in [9.17, 15) is 4.79 Å². The highest BCUT2D eigenvalue weighted by Crippen LogP contribution is 2.48. The smallest absolute Gasteiger partial charge is 0.303 e. The number of rotatable bonds is 8. The number of carboxylic acids is 1. The van der Waals surface area contributed by atoms with E-state index in [0.717, 1.165) is 24.0 Å². The summed E-state index contributed by atoms with van der Waals surface area (Å²) >= 11 is 0. The van der Waals surface area contributed by atoms with Gasteiger partial charge in [0.15, 0.2) is 0 Å². The molecule has 1 N–H and O–H groups in total. The van der Waals surface area contributed by atoms with E-state index < -0.39 is 5.97 Å². The molecule has 1 fully saturated rings. The predicted molar refractivity (Wildman–Crippen MR) is 78.0 cm³/mol. The summed E-state index contributed by atoms with van der Waals surface area (Å²) in [4.78, 5) is 11.1. The number of benzene rings is 1. The van der Waals surface area contributed by atoms with E-state index in [1.54, 1.807) is 21.3 Å². The van der Waals surface area contributed by atoms with Crippen molar-refractivity contribution in [3.63, 3.8) is 0 Å². The lowest BCUT2D eigenvalue weighted by Crippen LogP contribution is -2.10. The molecule has 5 nitrogen and oxygen atoms in total. The van der Waals surface area contributed by atoms with E-state index in [2.05, 4.69) is 0 Å². The summed E-state index contributed by atoms with van der Waals surface area (Å²) in [6.07, 6.45) is 2.26. The molecule has 1 aliphatic rings. The molecular weight excluding hydrogens is 272 g/mol. The summed E-state index contributed by atoms with van der Waals surface area (Å²) in [6.45, 7) is 0.423. The molecule has 0 aromatic heterocycles. The molecule has 0 aliphatic heterocycles. The Labute approximate surface area is 124 Å². The number of hydrogen-bond acceptors (Lipinski definition) is 4. The minimum absolute atomic E-state index is 0.0251. The molecule has 5 heteroatoms. The summed E-state index contributed by atoms with van der Waals surface area (Å²) in [7, 11) is 4.83. The molecular formula is C16H22O5. The first-order valence-corrected chi connectivity index (χ1v) is 7.06. The van der Waals surface area contributed by atoms with Crippen molar-refractivity contribution in [3.8, 4) is 11.5 Å². The van der Waals surface area contributed by atoms with Gasteiger partial charge in [-0.25, -0.2) is 0 Å². The number of hydrogen-bond donors (Lipinski definition) is 1. The maximum absolute atomic E-state index is 11.1. The average Bonchev–Trinajstić information content (AvgIpc) is 3.29. The van der Waals surface area contributed by atoms with Gasteiger partial charge >= 0.3 is 5.97 Å². The first-order valence-electron chi connectivity index (χ1n) is 7.06. The van der Waals surface area contributed by atoms with E-state index in [1.807, 2.05) is 12.1 Å². The van der Waals surface area contributed by atoms with Crippen LogP contribution in [0, 0.1) is 5.92 Å². The van der Waals surface area contributed by atoms with Crippen LogP contribution in [0.5, 0.6) is 11.5 Å². The molecule has 0 bridgehead atoms. The van der Waals surface area contributed by atoms with Gasteiger partial charge in [0.05, 0.1) is 27.2 Å². The quantitative estimate of drug-likeness (QED) is 0.798. The second-order valence-corrected chi connectivity index (χ2v) is 5.38. The molecule has 1 aromatic rings. The number of aliphatic carboxylic acids is 1. The van der Waals surface area contributed by atoms with Gasteiger partial charge in [-0.1, -0.05) is 0 Å². The van der Waals surface area contributed by atoms with E-state index in [1.165, 1.54) is 0 Å². The Balaban J connectivity index is 2.41. The van der Waals surface area contributed by atoms with Crippen LogP contribution in [-0.4, -0.2) is 32.4 Å². The summed E-state index contributed by atoms with van der Waals surface area (Å²) in [5.74, 6) is 1.04. The molecule has 0 amide bonds. The molecule has 116 valence electrons. The Morgan fingerprint density at radius 1 is 1.24 bits per heavy atom. The summed E-state index contributed by atoms with van der Waals surface area (Å²) in [5.41, 5.74) is 1.81. The molecule has 2 rings (SSSR count). The first-order chi connectivity index (χ1) is 10.1. The average molecular weight is 294 g/mol. The lowest BCUT2D eigenvalue weighted by atomic mass is 9.89. The van der Waals surface area contributed by atoms with Gasteiger partial charge in [0, 0.05) is 24.2 Å². The number of carboxylic acid groups (broad SMARTS) is 1. The van der Waals surface area contributed by atoms with Gasteiger partial charge < -0.3 is 19.3 Å². The fourth-order valence-corrected chi connectivity index (χ4v) is 2.76. The van der Waals surface area contributed by atoms with Gasteiger partial charge in [0.25, 0.3) is 0 Å². The van der Waals surface area contributed by atoms with E-state index >= 15 is 0 Å². The van der Waals surface area contributed by atoms with E-state index in [0.29, 0.717) is 24.0 Å². The Morgan fingerprint density at radius 3 is 2.38 bits per heavy atom. The topological polar surface area (TPSA) is 65.0 Å². The van der Waals surface area contributed by atoms with Gasteiger partial charge in [0.1, 0.15) is 11.5 Å².